The van der Waals surface area contributed by atoms with Gasteiger partial charge in [-0.3, -0.25) is 9.59 Å². The van der Waals surface area contributed by atoms with E-state index in [2.05, 4.69) is 5.32 Å². The molecule has 6 nitrogen and oxygen atoms in total. The van der Waals surface area contributed by atoms with Crippen molar-refractivity contribution in [1.82, 2.24) is 5.32 Å². The molecule has 1 amide bonds. The Morgan fingerprint density at radius 3 is 2.46 bits per heavy atom. The fraction of sp³-hybridized carbons (Fsp3) is 0.800. The van der Waals surface area contributed by atoms with Gasteiger partial charge in [0.05, 0.1) is 6.10 Å². The minimum absolute atomic E-state index is 0.00633. The van der Waals surface area contributed by atoms with Crippen LogP contribution >= 0.6 is 0 Å². The lowest BCUT2D eigenvalue weighted by molar-refractivity contribution is -0.219. The van der Waals surface area contributed by atoms with Crippen molar-refractivity contribution in [3.8, 4) is 0 Å². The van der Waals surface area contributed by atoms with E-state index in [0.717, 1.165) is 50.6 Å². The topological polar surface area (TPSA) is 113 Å². The molecule has 8 atom stereocenters. The largest absolute Gasteiger partial charge is 0.390 e. The molecule has 3 fully saturated rings. The Morgan fingerprint density at radius 2 is 1.78 bits per heavy atom. The van der Waals surface area contributed by atoms with Crippen LogP contribution in [0.4, 0.5) is 4.39 Å². The zero-order chi connectivity index (χ0) is 27.1. The summed E-state index contributed by atoms with van der Waals surface area (Å²) in [5.41, 5.74) is 0.638. The van der Waals surface area contributed by atoms with Gasteiger partial charge in [-0.1, -0.05) is 57.6 Å². The molecule has 0 saturated heterocycles. The molecule has 4 aliphatic carbocycles. The van der Waals surface area contributed by atoms with Crippen LogP contribution in [0.2, 0.25) is 0 Å². The summed E-state index contributed by atoms with van der Waals surface area (Å²) in [5.74, 6) is -1.64. The number of carbonyl (C=O) groups is 2. The number of hydrogen-bond donors (Lipinski definition) is 4. The van der Waals surface area contributed by atoms with E-state index < -0.39 is 40.0 Å². The van der Waals surface area contributed by atoms with Crippen LogP contribution in [0.25, 0.3) is 0 Å². The van der Waals surface area contributed by atoms with Crippen molar-refractivity contribution in [2.75, 3.05) is 13.1 Å². The van der Waals surface area contributed by atoms with E-state index in [1.54, 1.807) is 13.0 Å². The first-order valence-corrected chi connectivity index (χ1v) is 14.5. The Hall–Kier alpha value is -1.57. The molecule has 0 aromatic carbocycles. The lowest BCUT2D eigenvalue weighted by atomic mass is 9.44. The fourth-order valence-corrected chi connectivity index (χ4v) is 8.52. The van der Waals surface area contributed by atoms with Gasteiger partial charge in [-0.25, -0.2) is 4.39 Å². The van der Waals surface area contributed by atoms with Crippen LogP contribution in [0, 0.1) is 28.6 Å². The number of aliphatic hydroxyl groups excluding tert-OH is 1. The minimum Gasteiger partial charge on any atom is -0.390 e. The van der Waals surface area contributed by atoms with Crippen LogP contribution in [0.5, 0.6) is 0 Å². The molecule has 0 unspecified atom stereocenters. The zero-order valence-corrected chi connectivity index (χ0v) is 22.9. The second kappa shape index (κ2) is 10.5. The third-order valence-corrected chi connectivity index (χ3v) is 10.7. The molecular formula is C30H47FN2O4. The van der Waals surface area contributed by atoms with Gasteiger partial charge in [0.2, 0.25) is 0 Å². The molecule has 0 spiro atoms. The van der Waals surface area contributed by atoms with Crippen LogP contribution < -0.4 is 11.1 Å². The molecule has 7 heteroatoms. The molecule has 37 heavy (non-hydrogen) atoms. The summed E-state index contributed by atoms with van der Waals surface area (Å²) in [6.07, 6.45) is 12.4. The number of carbonyl (C=O) groups excluding carboxylic acids is 2. The molecule has 0 aromatic rings. The van der Waals surface area contributed by atoms with Crippen LogP contribution in [-0.4, -0.2) is 52.4 Å². The summed E-state index contributed by atoms with van der Waals surface area (Å²) in [5, 5.41) is 26.4. The summed E-state index contributed by atoms with van der Waals surface area (Å²) >= 11 is 0. The van der Waals surface area contributed by atoms with Crippen LogP contribution in [0.15, 0.2) is 23.8 Å². The van der Waals surface area contributed by atoms with Crippen molar-refractivity contribution in [1.29, 1.82) is 0 Å². The van der Waals surface area contributed by atoms with Gasteiger partial charge >= 0.3 is 0 Å². The smallest absolute Gasteiger partial charge is 0.252 e. The lowest BCUT2D eigenvalue weighted by Crippen LogP contribution is -2.70. The zero-order valence-electron chi connectivity index (χ0n) is 22.9. The van der Waals surface area contributed by atoms with Crippen molar-refractivity contribution >= 4 is 11.7 Å². The number of unbranched alkanes of at least 4 members (excludes halogenated alkanes) is 6. The quantitative estimate of drug-likeness (QED) is 0.325. The van der Waals surface area contributed by atoms with Crippen molar-refractivity contribution in [2.45, 2.75) is 109 Å². The standard InChI is InChI=1S/C30H47FN2O4/c1-20-17-24-23-12-11-21-18-22(34)13-14-27(21,2)29(23,31)25(35)19-28(24,3)30(20,37)26(36)33-16-10-8-6-4-5-7-9-15-32/h13-14,18,20,23-25,35,37H,4-12,15-17,19,32H2,1-3H3,(H,33,36)/t20-,23+,24+,25+,27+,28+,29+,30+/m1/s1. The third kappa shape index (κ3) is 4.33. The van der Waals surface area contributed by atoms with Crippen molar-refractivity contribution in [3.05, 3.63) is 23.8 Å². The van der Waals surface area contributed by atoms with Gasteiger partial charge in [-0.2, -0.15) is 0 Å². The number of alkyl halides is 1. The highest BCUT2D eigenvalue weighted by molar-refractivity contribution is 6.01. The highest BCUT2D eigenvalue weighted by atomic mass is 19.1. The van der Waals surface area contributed by atoms with E-state index in [4.69, 9.17) is 5.73 Å². The summed E-state index contributed by atoms with van der Waals surface area (Å²) in [6.45, 7) is 6.79. The van der Waals surface area contributed by atoms with Crippen molar-refractivity contribution in [2.24, 2.45) is 34.3 Å². The predicted molar refractivity (Wildman–Crippen MR) is 142 cm³/mol. The van der Waals surface area contributed by atoms with E-state index in [1.807, 2.05) is 13.8 Å². The number of fused-ring (bicyclic) bond motifs is 5. The van der Waals surface area contributed by atoms with E-state index in [-0.39, 0.29) is 24.0 Å². The number of halogens is 1. The van der Waals surface area contributed by atoms with Crippen LogP contribution in [0.3, 0.4) is 0 Å². The monoisotopic (exact) mass is 518 g/mol. The summed E-state index contributed by atoms with van der Waals surface area (Å²) in [4.78, 5) is 25.5. The van der Waals surface area contributed by atoms with Crippen molar-refractivity contribution in [3.63, 3.8) is 0 Å². The maximum absolute atomic E-state index is 17.2. The maximum atomic E-state index is 17.2. The molecule has 4 rings (SSSR count). The average Bonchev–Trinajstić information content (AvgIpc) is 3.05. The molecule has 0 aliphatic heterocycles. The lowest BCUT2D eigenvalue weighted by Gasteiger charge is -2.62. The van der Waals surface area contributed by atoms with Gasteiger partial charge in [0.1, 0.15) is 0 Å². The second-order valence-electron chi connectivity index (χ2n) is 12.7. The highest BCUT2D eigenvalue weighted by Gasteiger charge is 2.75. The summed E-state index contributed by atoms with van der Waals surface area (Å²) in [7, 11) is 0. The number of allylic oxidation sites excluding steroid dienone is 4. The van der Waals surface area contributed by atoms with Gasteiger partial charge in [0.25, 0.3) is 5.91 Å². The Labute approximate surface area is 221 Å². The number of rotatable bonds is 10. The van der Waals surface area contributed by atoms with E-state index in [1.165, 1.54) is 18.6 Å². The molecule has 5 N–H and O–H groups in total. The number of amides is 1. The van der Waals surface area contributed by atoms with Gasteiger partial charge in [0, 0.05) is 23.3 Å². The Morgan fingerprint density at radius 1 is 1.14 bits per heavy atom. The summed E-state index contributed by atoms with van der Waals surface area (Å²) < 4.78 is 17.2. The first kappa shape index (κ1) is 28.4. The number of ketones is 1. The van der Waals surface area contributed by atoms with Gasteiger partial charge in [-0.05, 0) is 76.0 Å². The predicted octanol–water partition coefficient (Wildman–Crippen LogP) is 4.14. The molecule has 0 bridgehead atoms. The summed E-state index contributed by atoms with van der Waals surface area (Å²) in [6, 6.07) is 0. The number of nitrogens with two attached hydrogens (primary N) is 1. The molecule has 0 radical (unpaired) electrons. The molecule has 3 saturated carbocycles. The van der Waals surface area contributed by atoms with Gasteiger partial charge in [-0.15, -0.1) is 0 Å². The number of aliphatic hydroxyl groups is 2. The minimum atomic E-state index is -1.95. The Bertz CT molecular complexity index is 952. The van der Waals surface area contributed by atoms with E-state index >= 15 is 4.39 Å². The maximum Gasteiger partial charge on any atom is 0.252 e. The number of nitrogens with one attached hydrogen (secondary N) is 1. The second-order valence-corrected chi connectivity index (χ2v) is 12.7. The Balaban J connectivity index is 1.46. The molecule has 4 aliphatic rings. The molecular weight excluding hydrogens is 471 g/mol. The third-order valence-electron chi connectivity index (χ3n) is 10.7. The Kier molecular flexibility index (Phi) is 8.10. The van der Waals surface area contributed by atoms with E-state index in [0.29, 0.717) is 25.8 Å². The first-order chi connectivity index (χ1) is 17.5. The van der Waals surface area contributed by atoms with Gasteiger partial charge in [0.15, 0.2) is 17.1 Å². The van der Waals surface area contributed by atoms with E-state index in [9.17, 15) is 19.8 Å². The number of hydrogen-bond acceptors (Lipinski definition) is 5. The van der Waals surface area contributed by atoms with Crippen LogP contribution in [-0.2, 0) is 9.59 Å². The fourth-order valence-electron chi connectivity index (χ4n) is 8.52. The normalized spacial score (nSPS) is 42.6. The van der Waals surface area contributed by atoms with Gasteiger partial charge < -0.3 is 21.3 Å². The van der Waals surface area contributed by atoms with Crippen LogP contribution in [0.1, 0.15) is 91.4 Å². The first-order valence-electron chi connectivity index (χ1n) is 14.5. The molecule has 0 heterocycles. The molecule has 0 aromatic heterocycles. The SMILES string of the molecule is C[C@@H]1C[C@H]2[C@@H]3CCC4=CC(=O)C=C[C@]4(C)[C@@]3(F)[C@@H](O)C[C@]2(C)[C@@]1(O)C(=O)NCCCCCCCCCN. The van der Waals surface area contributed by atoms with Crippen molar-refractivity contribution < 1.29 is 24.2 Å². The molecule has 208 valence electrons. The highest BCUT2D eigenvalue weighted by Crippen LogP contribution is 2.70. The average molecular weight is 519 g/mol.